The number of amides is 1. The van der Waals surface area contributed by atoms with E-state index < -0.39 is 0 Å². The lowest BCUT2D eigenvalue weighted by atomic mass is 10.0. The summed E-state index contributed by atoms with van der Waals surface area (Å²) in [7, 11) is 2.01. The summed E-state index contributed by atoms with van der Waals surface area (Å²) in [4.78, 5) is 14.6. The molecule has 1 fully saturated rings. The summed E-state index contributed by atoms with van der Waals surface area (Å²) in [5.74, 6) is 0.160. The summed E-state index contributed by atoms with van der Waals surface area (Å²) in [5.41, 5.74) is 1.20. The quantitative estimate of drug-likeness (QED) is 0.838. The zero-order valence-corrected chi connectivity index (χ0v) is 13.9. The van der Waals surface area contributed by atoms with E-state index in [0.717, 1.165) is 37.3 Å². The van der Waals surface area contributed by atoms with E-state index in [1.54, 1.807) is 0 Å². The van der Waals surface area contributed by atoms with Crippen LogP contribution in [0.2, 0.25) is 5.02 Å². The summed E-state index contributed by atoms with van der Waals surface area (Å²) in [6.07, 6.45) is 3.86. The molecule has 0 aromatic heterocycles. The molecule has 1 saturated carbocycles. The zero-order valence-electron chi connectivity index (χ0n) is 13.2. The number of nitrogens with one attached hydrogen (secondary N) is 1. The van der Waals surface area contributed by atoms with Crippen LogP contribution in [0, 0.1) is 0 Å². The SMILES string of the molecule is CC[C@H](C(=O)NC1(Cc2ccc(Cl)cc2)CC1)N(C)CC. The first-order chi connectivity index (χ1) is 9.99. The third kappa shape index (κ3) is 4.21. The van der Waals surface area contributed by atoms with Gasteiger partial charge in [0.05, 0.1) is 6.04 Å². The maximum Gasteiger partial charge on any atom is 0.237 e. The molecule has 1 aliphatic rings. The molecule has 1 aromatic carbocycles. The maximum absolute atomic E-state index is 12.5. The van der Waals surface area contributed by atoms with Gasteiger partial charge >= 0.3 is 0 Å². The van der Waals surface area contributed by atoms with Crippen molar-refractivity contribution in [2.24, 2.45) is 0 Å². The number of hydrogen-bond donors (Lipinski definition) is 1. The van der Waals surface area contributed by atoms with E-state index in [0.29, 0.717) is 0 Å². The number of likely N-dealkylation sites (N-methyl/N-ethyl adjacent to an activating group) is 1. The van der Waals surface area contributed by atoms with Crippen molar-refractivity contribution < 1.29 is 4.79 Å². The summed E-state index contributed by atoms with van der Waals surface area (Å²) >= 11 is 5.92. The van der Waals surface area contributed by atoms with Gasteiger partial charge in [-0.05, 0) is 57.0 Å². The van der Waals surface area contributed by atoms with Gasteiger partial charge < -0.3 is 5.32 Å². The van der Waals surface area contributed by atoms with Crippen molar-refractivity contribution in [1.82, 2.24) is 10.2 Å². The molecule has 0 unspecified atom stereocenters. The number of carbonyl (C=O) groups is 1. The molecule has 4 heteroatoms. The largest absolute Gasteiger partial charge is 0.349 e. The highest BCUT2D eigenvalue weighted by atomic mass is 35.5. The van der Waals surface area contributed by atoms with Crippen LogP contribution in [0.1, 0.15) is 38.7 Å². The molecule has 116 valence electrons. The highest BCUT2D eigenvalue weighted by Crippen LogP contribution is 2.39. The molecular weight excluding hydrogens is 284 g/mol. The second-order valence-electron chi connectivity index (χ2n) is 6.07. The first kappa shape index (κ1) is 16.3. The van der Waals surface area contributed by atoms with Gasteiger partial charge in [0.2, 0.25) is 5.91 Å². The molecule has 1 atom stereocenters. The Morgan fingerprint density at radius 1 is 1.33 bits per heavy atom. The molecule has 21 heavy (non-hydrogen) atoms. The Morgan fingerprint density at radius 2 is 1.95 bits per heavy atom. The van der Waals surface area contributed by atoms with Gasteiger partial charge in [-0.3, -0.25) is 9.69 Å². The van der Waals surface area contributed by atoms with E-state index in [-0.39, 0.29) is 17.5 Å². The Kier molecular flexibility index (Phi) is 5.28. The van der Waals surface area contributed by atoms with Crippen LogP contribution in [0.5, 0.6) is 0 Å². The first-order valence-corrected chi connectivity index (χ1v) is 8.14. The third-order valence-electron chi connectivity index (χ3n) is 4.42. The Balaban J connectivity index is 1.97. The Bertz CT molecular complexity index is 482. The van der Waals surface area contributed by atoms with E-state index in [2.05, 4.69) is 24.1 Å². The topological polar surface area (TPSA) is 32.3 Å². The van der Waals surface area contributed by atoms with Gasteiger partial charge in [-0.25, -0.2) is 0 Å². The minimum absolute atomic E-state index is 0.0299. The van der Waals surface area contributed by atoms with Crippen LogP contribution in [0.15, 0.2) is 24.3 Å². The van der Waals surface area contributed by atoms with Crippen LogP contribution in [-0.4, -0.2) is 36.0 Å². The predicted molar refractivity (Wildman–Crippen MR) is 87.6 cm³/mol. The molecule has 2 rings (SSSR count). The van der Waals surface area contributed by atoms with E-state index in [1.165, 1.54) is 5.56 Å². The van der Waals surface area contributed by atoms with Crippen LogP contribution in [0.3, 0.4) is 0 Å². The van der Waals surface area contributed by atoms with Crippen molar-refractivity contribution in [3.8, 4) is 0 Å². The van der Waals surface area contributed by atoms with E-state index in [4.69, 9.17) is 11.6 Å². The van der Waals surface area contributed by atoms with Gasteiger partial charge in [0.1, 0.15) is 0 Å². The number of benzene rings is 1. The molecule has 0 aliphatic heterocycles. The van der Waals surface area contributed by atoms with Gasteiger partial charge in [-0.2, -0.15) is 0 Å². The minimum atomic E-state index is -0.0348. The fourth-order valence-electron chi connectivity index (χ4n) is 2.75. The fourth-order valence-corrected chi connectivity index (χ4v) is 2.88. The molecule has 0 saturated heterocycles. The second-order valence-corrected chi connectivity index (χ2v) is 6.51. The number of nitrogens with zero attached hydrogens (tertiary/aromatic N) is 1. The molecule has 3 nitrogen and oxygen atoms in total. The van der Waals surface area contributed by atoms with Gasteiger partial charge in [0.25, 0.3) is 0 Å². The monoisotopic (exact) mass is 308 g/mol. The summed E-state index contributed by atoms with van der Waals surface area (Å²) < 4.78 is 0. The van der Waals surface area contributed by atoms with Gasteiger partial charge in [0.15, 0.2) is 0 Å². The molecule has 1 aromatic rings. The van der Waals surface area contributed by atoms with Crippen LogP contribution in [-0.2, 0) is 11.2 Å². The van der Waals surface area contributed by atoms with Crippen LogP contribution >= 0.6 is 11.6 Å². The van der Waals surface area contributed by atoms with Gasteiger partial charge in [-0.15, -0.1) is 0 Å². The average molecular weight is 309 g/mol. The van der Waals surface area contributed by atoms with Crippen molar-refractivity contribution in [1.29, 1.82) is 0 Å². The van der Waals surface area contributed by atoms with E-state index in [1.807, 2.05) is 31.3 Å². The fraction of sp³-hybridized carbons (Fsp3) is 0.588. The van der Waals surface area contributed by atoms with Crippen molar-refractivity contribution in [2.45, 2.75) is 51.1 Å². The molecule has 0 bridgehead atoms. The molecule has 1 amide bonds. The Labute approximate surface area is 132 Å². The zero-order chi connectivity index (χ0) is 15.5. The summed E-state index contributed by atoms with van der Waals surface area (Å²) in [6.45, 7) is 5.03. The third-order valence-corrected chi connectivity index (χ3v) is 4.67. The van der Waals surface area contributed by atoms with Gasteiger partial charge in [-0.1, -0.05) is 37.6 Å². The number of halogens is 1. The number of rotatable bonds is 7. The number of carbonyl (C=O) groups excluding carboxylic acids is 1. The summed E-state index contributed by atoms with van der Waals surface area (Å²) in [5, 5.41) is 4.04. The van der Waals surface area contributed by atoms with Crippen molar-refractivity contribution in [3.63, 3.8) is 0 Å². The molecular formula is C17H25ClN2O. The Hall–Kier alpha value is -1.06. The lowest BCUT2D eigenvalue weighted by Crippen LogP contribution is -2.49. The second kappa shape index (κ2) is 6.80. The highest BCUT2D eigenvalue weighted by Gasteiger charge is 2.44. The Morgan fingerprint density at radius 3 is 2.43 bits per heavy atom. The minimum Gasteiger partial charge on any atom is -0.349 e. The molecule has 1 N–H and O–H groups in total. The molecule has 1 aliphatic carbocycles. The van der Waals surface area contributed by atoms with Crippen LogP contribution < -0.4 is 5.32 Å². The molecule has 0 heterocycles. The van der Waals surface area contributed by atoms with Gasteiger partial charge in [0, 0.05) is 10.6 Å². The predicted octanol–water partition coefficient (Wildman–Crippen LogP) is 3.26. The average Bonchev–Trinajstić information content (AvgIpc) is 3.21. The van der Waals surface area contributed by atoms with Crippen molar-refractivity contribution in [3.05, 3.63) is 34.9 Å². The normalized spacial score (nSPS) is 17.6. The van der Waals surface area contributed by atoms with Crippen LogP contribution in [0.4, 0.5) is 0 Å². The number of hydrogen-bond acceptors (Lipinski definition) is 2. The smallest absolute Gasteiger partial charge is 0.237 e. The van der Waals surface area contributed by atoms with E-state index in [9.17, 15) is 4.79 Å². The lowest BCUT2D eigenvalue weighted by molar-refractivity contribution is -0.127. The van der Waals surface area contributed by atoms with Crippen molar-refractivity contribution >= 4 is 17.5 Å². The molecule has 0 spiro atoms. The standard InChI is InChI=1S/C17H25ClN2O/c1-4-15(20(3)5-2)16(21)19-17(10-11-17)12-13-6-8-14(18)9-7-13/h6-9,15H,4-5,10-12H2,1-3H3,(H,19,21)/t15-/m1/s1. The molecule has 0 radical (unpaired) electrons. The van der Waals surface area contributed by atoms with Crippen LogP contribution in [0.25, 0.3) is 0 Å². The van der Waals surface area contributed by atoms with Crippen molar-refractivity contribution in [2.75, 3.05) is 13.6 Å². The maximum atomic E-state index is 12.5. The summed E-state index contributed by atoms with van der Waals surface area (Å²) in [6, 6.07) is 7.88. The lowest BCUT2D eigenvalue weighted by Gasteiger charge is -2.27. The first-order valence-electron chi connectivity index (χ1n) is 7.76. The highest BCUT2D eigenvalue weighted by molar-refractivity contribution is 6.30. The van der Waals surface area contributed by atoms with E-state index >= 15 is 0 Å².